The Morgan fingerprint density at radius 2 is 2.09 bits per heavy atom. The molecule has 0 fully saturated rings. The zero-order valence-electron chi connectivity index (χ0n) is 12.4. The molecule has 2 aromatic rings. The van der Waals surface area contributed by atoms with Crippen molar-refractivity contribution >= 4 is 21.2 Å². The van der Waals surface area contributed by atoms with Gasteiger partial charge in [-0.15, -0.1) is 0 Å². The molecule has 0 radical (unpaired) electrons. The van der Waals surface area contributed by atoms with E-state index in [2.05, 4.69) is 10.4 Å². The molecule has 0 bridgehead atoms. The number of hydrogen-bond donors (Lipinski definition) is 1. The summed E-state index contributed by atoms with van der Waals surface area (Å²) in [5.41, 5.74) is 1.53. The summed E-state index contributed by atoms with van der Waals surface area (Å²) in [5.74, 6) is 0. The number of aryl methyl sites for hydroxylation is 1. The molecule has 0 aliphatic heterocycles. The van der Waals surface area contributed by atoms with Gasteiger partial charge in [0.1, 0.15) is 10.6 Å². The highest BCUT2D eigenvalue weighted by Crippen LogP contribution is 2.32. The Labute approximate surface area is 127 Å². The van der Waals surface area contributed by atoms with E-state index in [-0.39, 0.29) is 10.6 Å². The molecule has 0 amide bonds. The van der Waals surface area contributed by atoms with Crippen LogP contribution in [-0.2, 0) is 23.4 Å². The molecule has 22 heavy (non-hydrogen) atoms. The van der Waals surface area contributed by atoms with Crippen LogP contribution in [0.3, 0.4) is 0 Å². The van der Waals surface area contributed by atoms with Crippen molar-refractivity contribution in [3.63, 3.8) is 0 Å². The summed E-state index contributed by atoms with van der Waals surface area (Å²) in [6.45, 7) is 2.19. The van der Waals surface area contributed by atoms with E-state index in [1.54, 1.807) is 17.9 Å². The fraction of sp³-hybridized carbons (Fsp3) is 0.308. The second-order valence-electron chi connectivity index (χ2n) is 4.91. The van der Waals surface area contributed by atoms with E-state index in [0.717, 1.165) is 17.5 Å². The van der Waals surface area contributed by atoms with Gasteiger partial charge in [-0.3, -0.25) is 14.8 Å². The Kier molecular flexibility index (Phi) is 4.18. The zero-order chi connectivity index (χ0) is 16.5. The van der Waals surface area contributed by atoms with Crippen molar-refractivity contribution in [2.45, 2.75) is 18.4 Å². The summed E-state index contributed by atoms with van der Waals surface area (Å²) >= 11 is 0. The number of para-hydroxylation sites is 1. The lowest BCUT2D eigenvalue weighted by molar-refractivity contribution is -0.386. The largest absolute Gasteiger partial charge is 0.375 e. The fourth-order valence-electron chi connectivity index (χ4n) is 2.06. The van der Waals surface area contributed by atoms with Gasteiger partial charge in [-0.25, -0.2) is 8.42 Å². The molecule has 1 aromatic carbocycles. The molecule has 0 aliphatic rings. The van der Waals surface area contributed by atoms with E-state index in [4.69, 9.17) is 0 Å². The lowest BCUT2D eigenvalue weighted by Crippen LogP contribution is -2.08. The molecule has 0 atom stereocenters. The van der Waals surface area contributed by atoms with Crippen LogP contribution in [0.15, 0.2) is 29.3 Å². The number of hydrogen-bond acceptors (Lipinski definition) is 6. The number of nitrogens with one attached hydrogen (secondary N) is 1. The van der Waals surface area contributed by atoms with Crippen LogP contribution in [-0.4, -0.2) is 29.4 Å². The van der Waals surface area contributed by atoms with Crippen LogP contribution in [0.25, 0.3) is 0 Å². The molecule has 0 saturated heterocycles. The number of benzene rings is 1. The molecule has 0 unspecified atom stereocenters. The van der Waals surface area contributed by atoms with Crippen LogP contribution in [0.2, 0.25) is 0 Å². The Bertz CT molecular complexity index is 827. The first-order valence-corrected chi connectivity index (χ1v) is 8.29. The molecule has 1 N–H and O–H groups in total. The van der Waals surface area contributed by atoms with Crippen LogP contribution < -0.4 is 5.32 Å². The van der Waals surface area contributed by atoms with Crippen LogP contribution in [0.5, 0.6) is 0 Å². The van der Waals surface area contributed by atoms with Gasteiger partial charge in [0.25, 0.3) is 0 Å². The highest BCUT2D eigenvalue weighted by molar-refractivity contribution is 7.90. The van der Waals surface area contributed by atoms with Gasteiger partial charge >= 0.3 is 5.69 Å². The third kappa shape index (κ3) is 3.08. The highest BCUT2D eigenvalue weighted by atomic mass is 32.2. The Morgan fingerprint density at radius 3 is 2.59 bits per heavy atom. The Morgan fingerprint density at radius 1 is 1.41 bits per heavy atom. The van der Waals surface area contributed by atoms with Gasteiger partial charge in [0.2, 0.25) is 0 Å². The van der Waals surface area contributed by atoms with E-state index in [1.807, 2.05) is 6.92 Å². The first kappa shape index (κ1) is 16.0. The van der Waals surface area contributed by atoms with Gasteiger partial charge < -0.3 is 5.32 Å². The van der Waals surface area contributed by atoms with E-state index >= 15 is 0 Å². The van der Waals surface area contributed by atoms with Crippen molar-refractivity contribution in [3.05, 3.63) is 45.8 Å². The van der Waals surface area contributed by atoms with E-state index in [1.165, 1.54) is 18.2 Å². The number of nitrogens with zero attached hydrogens (tertiary/aromatic N) is 3. The van der Waals surface area contributed by atoms with Gasteiger partial charge in [-0.2, -0.15) is 5.10 Å². The van der Waals surface area contributed by atoms with Crippen molar-refractivity contribution in [2.75, 3.05) is 11.6 Å². The number of nitro benzene ring substituents is 1. The van der Waals surface area contributed by atoms with Gasteiger partial charge in [0, 0.05) is 31.1 Å². The standard InChI is InChI=1S/C13H16N4O4S/c1-9-10(8-15-16(9)2)7-14-11-5-4-6-12(22(3,20)21)13(11)17(18)19/h4-6,8,14H,7H2,1-3H3. The van der Waals surface area contributed by atoms with E-state index in [9.17, 15) is 18.5 Å². The third-order valence-corrected chi connectivity index (χ3v) is 4.52. The first-order valence-electron chi connectivity index (χ1n) is 6.40. The van der Waals surface area contributed by atoms with Gasteiger partial charge in [0.05, 0.1) is 11.1 Å². The highest BCUT2D eigenvalue weighted by Gasteiger charge is 2.26. The molecule has 1 aromatic heterocycles. The lowest BCUT2D eigenvalue weighted by Gasteiger charge is -2.09. The van der Waals surface area contributed by atoms with Crippen LogP contribution >= 0.6 is 0 Å². The zero-order valence-corrected chi connectivity index (χ0v) is 13.2. The molecule has 0 aliphatic carbocycles. The van der Waals surface area contributed by atoms with Gasteiger partial charge in [-0.05, 0) is 19.1 Å². The summed E-state index contributed by atoms with van der Waals surface area (Å²) in [6, 6.07) is 4.19. The third-order valence-electron chi connectivity index (χ3n) is 3.39. The first-order chi connectivity index (χ1) is 10.2. The minimum absolute atomic E-state index is 0.163. The summed E-state index contributed by atoms with van der Waals surface area (Å²) in [7, 11) is -1.89. The molecule has 0 saturated carbocycles. The molecule has 2 rings (SSSR count). The minimum atomic E-state index is -3.69. The molecule has 9 heteroatoms. The van der Waals surface area contributed by atoms with E-state index < -0.39 is 20.4 Å². The molecule has 1 heterocycles. The summed E-state index contributed by atoms with van der Waals surface area (Å²) in [6.07, 6.45) is 2.61. The molecular weight excluding hydrogens is 308 g/mol. The van der Waals surface area contributed by atoms with Crippen molar-refractivity contribution in [3.8, 4) is 0 Å². The maximum Gasteiger partial charge on any atom is 0.310 e. The van der Waals surface area contributed by atoms with Crippen molar-refractivity contribution in [1.29, 1.82) is 0 Å². The van der Waals surface area contributed by atoms with Gasteiger partial charge in [0.15, 0.2) is 9.84 Å². The molecular formula is C13H16N4O4S. The molecule has 118 valence electrons. The quantitative estimate of drug-likeness (QED) is 0.662. The number of anilines is 1. The monoisotopic (exact) mass is 324 g/mol. The fourth-order valence-corrected chi connectivity index (χ4v) is 2.92. The topological polar surface area (TPSA) is 107 Å². The van der Waals surface area contributed by atoms with E-state index in [0.29, 0.717) is 6.54 Å². The number of rotatable bonds is 5. The molecule has 0 spiro atoms. The summed E-state index contributed by atoms with van der Waals surface area (Å²) in [5, 5.41) is 18.3. The average Bonchev–Trinajstić information content (AvgIpc) is 2.75. The second-order valence-corrected chi connectivity index (χ2v) is 6.90. The predicted octanol–water partition coefficient (Wildman–Crippen LogP) is 1.65. The SMILES string of the molecule is Cc1c(CNc2cccc(S(C)(=O)=O)c2[N+](=O)[O-])cnn1C. The smallest absolute Gasteiger partial charge is 0.310 e. The summed E-state index contributed by atoms with van der Waals surface area (Å²) in [4.78, 5) is 10.3. The van der Waals surface area contributed by atoms with Crippen molar-refractivity contribution in [2.24, 2.45) is 7.05 Å². The van der Waals surface area contributed by atoms with Crippen LogP contribution in [0.4, 0.5) is 11.4 Å². The van der Waals surface area contributed by atoms with Gasteiger partial charge in [-0.1, -0.05) is 6.07 Å². The average molecular weight is 324 g/mol. The van der Waals surface area contributed by atoms with Crippen LogP contribution in [0, 0.1) is 17.0 Å². The predicted molar refractivity (Wildman–Crippen MR) is 81.5 cm³/mol. The maximum absolute atomic E-state index is 11.7. The van der Waals surface area contributed by atoms with Crippen molar-refractivity contribution < 1.29 is 13.3 Å². The summed E-state index contributed by atoms with van der Waals surface area (Å²) < 4.78 is 25.1. The Hall–Kier alpha value is -2.42. The minimum Gasteiger partial charge on any atom is -0.375 e. The Balaban J connectivity index is 2.39. The number of aromatic nitrogens is 2. The number of nitro groups is 1. The maximum atomic E-state index is 11.7. The van der Waals surface area contributed by atoms with Crippen molar-refractivity contribution in [1.82, 2.24) is 9.78 Å². The normalized spacial score (nSPS) is 11.4. The number of sulfone groups is 1. The van der Waals surface area contributed by atoms with Crippen LogP contribution in [0.1, 0.15) is 11.3 Å². The molecule has 8 nitrogen and oxygen atoms in total. The second kappa shape index (κ2) is 5.76. The lowest BCUT2D eigenvalue weighted by atomic mass is 10.2.